The molecule has 1 aliphatic rings. The fourth-order valence-corrected chi connectivity index (χ4v) is 3.00. The van der Waals surface area contributed by atoms with Crippen molar-refractivity contribution in [3.8, 4) is 5.75 Å². The topological polar surface area (TPSA) is 50.4 Å². The Labute approximate surface area is 111 Å². The molecule has 5 heteroatoms. The van der Waals surface area contributed by atoms with Gasteiger partial charge >= 0.3 is 0 Å². The van der Waals surface area contributed by atoms with Gasteiger partial charge in [0.15, 0.2) is 0 Å². The predicted octanol–water partition coefficient (Wildman–Crippen LogP) is 1.91. The summed E-state index contributed by atoms with van der Waals surface area (Å²) in [4.78, 5) is 12.0. The van der Waals surface area contributed by atoms with Crippen molar-refractivity contribution in [1.29, 1.82) is 0 Å². The fourth-order valence-electron chi connectivity index (χ4n) is 2.06. The number of anilines is 1. The molecule has 1 fully saturated rings. The summed E-state index contributed by atoms with van der Waals surface area (Å²) in [6.07, 6.45) is 0. The summed E-state index contributed by atoms with van der Waals surface area (Å²) < 4.78 is 5.35. The van der Waals surface area contributed by atoms with Crippen molar-refractivity contribution in [2.75, 3.05) is 24.1 Å². The number of aryl methyl sites for hydroxylation is 1. The number of hydrogen-bond donors (Lipinski definition) is 2. The normalized spacial score (nSPS) is 18.7. The van der Waals surface area contributed by atoms with Gasteiger partial charge in [0.1, 0.15) is 5.75 Å². The second kappa shape index (κ2) is 5.63. The average Bonchev–Trinajstić information content (AvgIpc) is 2.87. The zero-order valence-corrected chi connectivity index (χ0v) is 11.7. The summed E-state index contributed by atoms with van der Waals surface area (Å²) >= 11 is 1.74. The number of benzene rings is 1. The molecule has 1 saturated heterocycles. The number of carbonyl (C=O) groups is 1. The lowest BCUT2D eigenvalue weighted by molar-refractivity contribution is -0.117. The van der Waals surface area contributed by atoms with E-state index in [1.165, 1.54) is 0 Å². The third-order valence-corrected chi connectivity index (χ3v) is 4.04. The summed E-state index contributed by atoms with van der Waals surface area (Å²) in [6.45, 7) is 3.95. The van der Waals surface area contributed by atoms with Crippen LogP contribution in [-0.4, -0.2) is 30.7 Å². The quantitative estimate of drug-likeness (QED) is 0.877. The van der Waals surface area contributed by atoms with E-state index in [0.29, 0.717) is 0 Å². The largest absolute Gasteiger partial charge is 0.496 e. The van der Waals surface area contributed by atoms with Crippen molar-refractivity contribution < 1.29 is 9.53 Å². The van der Waals surface area contributed by atoms with E-state index in [1.54, 1.807) is 18.9 Å². The Morgan fingerprint density at radius 1 is 1.50 bits per heavy atom. The number of nitrogens with one attached hydrogen (secondary N) is 2. The Balaban J connectivity index is 2.16. The molecule has 0 radical (unpaired) electrons. The van der Waals surface area contributed by atoms with Crippen LogP contribution in [0.4, 0.5) is 5.69 Å². The lowest BCUT2D eigenvalue weighted by atomic mass is 10.1. The maximum absolute atomic E-state index is 12.0. The van der Waals surface area contributed by atoms with E-state index in [1.807, 2.05) is 26.0 Å². The molecule has 1 amide bonds. The second-order valence-corrected chi connectivity index (χ2v) is 5.38. The first-order valence-electron chi connectivity index (χ1n) is 5.89. The van der Waals surface area contributed by atoms with Crippen molar-refractivity contribution in [3.63, 3.8) is 0 Å². The van der Waals surface area contributed by atoms with E-state index >= 15 is 0 Å². The second-order valence-electron chi connectivity index (χ2n) is 4.35. The zero-order chi connectivity index (χ0) is 13.1. The van der Waals surface area contributed by atoms with Gasteiger partial charge in [-0.1, -0.05) is 6.07 Å². The Hall–Kier alpha value is -1.20. The number of carbonyl (C=O) groups excluding carboxylic acids is 1. The first-order valence-corrected chi connectivity index (χ1v) is 7.05. The summed E-state index contributed by atoms with van der Waals surface area (Å²) in [5, 5.41) is 6.12. The number of amides is 1. The third kappa shape index (κ3) is 2.62. The van der Waals surface area contributed by atoms with Gasteiger partial charge in [0.2, 0.25) is 5.91 Å². The van der Waals surface area contributed by atoms with Gasteiger partial charge in [0, 0.05) is 22.9 Å². The molecule has 2 rings (SSSR count). The first kappa shape index (κ1) is 13.2. The minimum atomic E-state index is -0.0957. The van der Waals surface area contributed by atoms with Crippen LogP contribution in [0.15, 0.2) is 12.1 Å². The van der Waals surface area contributed by atoms with Crippen LogP contribution in [0.25, 0.3) is 0 Å². The Bertz CT molecular complexity index is 457. The van der Waals surface area contributed by atoms with E-state index in [-0.39, 0.29) is 11.9 Å². The molecule has 2 N–H and O–H groups in total. The smallest absolute Gasteiger partial charge is 0.242 e. The van der Waals surface area contributed by atoms with Crippen molar-refractivity contribution in [3.05, 3.63) is 23.3 Å². The van der Waals surface area contributed by atoms with Crippen molar-refractivity contribution in [2.45, 2.75) is 19.9 Å². The molecule has 1 unspecified atom stereocenters. The van der Waals surface area contributed by atoms with E-state index in [4.69, 9.17) is 4.74 Å². The van der Waals surface area contributed by atoms with E-state index < -0.39 is 0 Å². The van der Waals surface area contributed by atoms with Crippen LogP contribution in [0.2, 0.25) is 0 Å². The number of rotatable bonds is 3. The van der Waals surface area contributed by atoms with Crippen LogP contribution in [0.1, 0.15) is 11.1 Å². The molecule has 1 heterocycles. The number of thioether (sulfide) groups is 1. The van der Waals surface area contributed by atoms with E-state index in [2.05, 4.69) is 10.6 Å². The summed E-state index contributed by atoms with van der Waals surface area (Å²) in [7, 11) is 1.65. The highest BCUT2D eigenvalue weighted by Gasteiger charge is 2.23. The molecule has 18 heavy (non-hydrogen) atoms. The lowest BCUT2D eigenvalue weighted by Gasteiger charge is -2.16. The molecular formula is C13H18N2O2S. The van der Waals surface area contributed by atoms with E-state index in [0.717, 1.165) is 34.2 Å². The maximum Gasteiger partial charge on any atom is 0.242 e. The van der Waals surface area contributed by atoms with E-state index in [9.17, 15) is 4.79 Å². The van der Waals surface area contributed by atoms with Crippen LogP contribution in [0.5, 0.6) is 5.75 Å². The van der Waals surface area contributed by atoms with Gasteiger partial charge in [0.25, 0.3) is 0 Å². The highest BCUT2D eigenvalue weighted by Crippen LogP contribution is 2.29. The molecule has 0 aromatic heterocycles. The molecule has 0 aliphatic carbocycles. The van der Waals surface area contributed by atoms with Crippen molar-refractivity contribution in [2.24, 2.45) is 0 Å². The fraction of sp³-hybridized carbons (Fsp3) is 0.462. The minimum absolute atomic E-state index is 0.0222. The van der Waals surface area contributed by atoms with Crippen LogP contribution in [-0.2, 0) is 4.79 Å². The minimum Gasteiger partial charge on any atom is -0.496 e. The molecule has 4 nitrogen and oxygen atoms in total. The number of ether oxygens (including phenoxy) is 1. The highest BCUT2D eigenvalue weighted by atomic mass is 32.2. The highest BCUT2D eigenvalue weighted by molar-refractivity contribution is 7.99. The van der Waals surface area contributed by atoms with Gasteiger partial charge in [-0.05, 0) is 25.5 Å². The van der Waals surface area contributed by atoms with Gasteiger partial charge < -0.3 is 10.1 Å². The number of methoxy groups -OCH3 is 1. The lowest BCUT2D eigenvalue weighted by Crippen LogP contribution is -2.37. The number of hydrogen-bond acceptors (Lipinski definition) is 4. The molecule has 98 valence electrons. The monoisotopic (exact) mass is 266 g/mol. The van der Waals surface area contributed by atoms with Crippen molar-refractivity contribution in [1.82, 2.24) is 5.32 Å². The van der Waals surface area contributed by atoms with Crippen LogP contribution in [0, 0.1) is 13.8 Å². The molecule has 0 saturated carbocycles. The molecule has 0 bridgehead atoms. The standard InChI is InChI=1S/C13H18N2O2S/c1-8-4-5-10(9(2)12(8)17-3)15-13(16)11-6-18-7-14-11/h4-5,11,14H,6-7H2,1-3H3,(H,15,16). The van der Waals surface area contributed by atoms with Crippen LogP contribution < -0.4 is 15.4 Å². The predicted molar refractivity (Wildman–Crippen MR) is 75.3 cm³/mol. The molecule has 1 aromatic rings. The Morgan fingerprint density at radius 3 is 2.89 bits per heavy atom. The third-order valence-electron chi connectivity index (χ3n) is 3.10. The average molecular weight is 266 g/mol. The molecular weight excluding hydrogens is 248 g/mol. The van der Waals surface area contributed by atoms with Gasteiger partial charge in [-0.15, -0.1) is 11.8 Å². The van der Waals surface area contributed by atoms with Gasteiger partial charge in [-0.2, -0.15) is 0 Å². The summed E-state index contributed by atoms with van der Waals surface area (Å²) in [6, 6.07) is 3.78. The van der Waals surface area contributed by atoms with Gasteiger partial charge in [-0.25, -0.2) is 0 Å². The zero-order valence-electron chi connectivity index (χ0n) is 10.9. The SMILES string of the molecule is COc1c(C)ccc(NC(=O)C2CSCN2)c1C. The van der Waals surface area contributed by atoms with Crippen LogP contribution >= 0.6 is 11.8 Å². The Kier molecular flexibility index (Phi) is 4.14. The van der Waals surface area contributed by atoms with Gasteiger partial charge in [-0.3, -0.25) is 10.1 Å². The summed E-state index contributed by atoms with van der Waals surface area (Å²) in [5.74, 6) is 2.53. The molecule has 1 atom stereocenters. The van der Waals surface area contributed by atoms with Gasteiger partial charge in [0.05, 0.1) is 13.2 Å². The summed E-state index contributed by atoms with van der Waals surface area (Å²) in [5.41, 5.74) is 2.86. The molecule has 1 aliphatic heterocycles. The van der Waals surface area contributed by atoms with Crippen LogP contribution in [0.3, 0.4) is 0 Å². The molecule has 1 aromatic carbocycles. The Morgan fingerprint density at radius 2 is 2.28 bits per heavy atom. The first-order chi connectivity index (χ1) is 8.63. The van der Waals surface area contributed by atoms with Crippen molar-refractivity contribution >= 4 is 23.4 Å². The maximum atomic E-state index is 12.0. The molecule has 0 spiro atoms.